The Hall–Kier alpha value is -3.35. The Kier molecular flexibility index (Phi) is 4.73. The minimum atomic E-state index is 0.00430. The largest absolute Gasteiger partial charge is 0.332 e. The van der Waals surface area contributed by atoms with Crippen molar-refractivity contribution in [3.8, 4) is 11.4 Å². The van der Waals surface area contributed by atoms with Crippen molar-refractivity contribution in [2.24, 2.45) is 13.0 Å². The van der Waals surface area contributed by atoms with Gasteiger partial charge in [0, 0.05) is 31.4 Å². The summed E-state index contributed by atoms with van der Waals surface area (Å²) in [6, 6.07) is 5.82. The monoisotopic (exact) mass is 374 g/mol. The van der Waals surface area contributed by atoms with Gasteiger partial charge in [0.2, 0.25) is 0 Å². The molecule has 4 rings (SSSR count). The van der Waals surface area contributed by atoms with Crippen LogP contribution in [0.1, 0.15) is 29.9 Å². The van der Waals surface area contributed by atoms with Gasteiger partial charge in [-0.25, -0.2) is 9.97 Å². The summed E-state index contributed by atoms with van der Waals surface area (Å²) in [5.74, 6) is 0.481. The third-order valence-electron chi connectivity index (χ3n) is 4.56. The van der Waals surface area contributed by atoms with Crippen molar-refractivity contribution in [3.05, 3.63) is 60.6 Å². The maximum absolute atomic E-state index is 12.6. The summed E-state index contributed by atoms with van der Waals surface area (Å²) in [4.78, 5) is 25.9. The molecule has 0 fully saturated rings. The van der Waals surface area contributed by atoms with E-state index in [2.05, 4.69) is 28.9 Å². The number of rotatable bonds is 6. The predicted molar refractivity (Wildman–Crippen MR) is 107 cm³/mol. The summed E-state index contributed by atoms with van der Waals surface area (Å²) in [5, 5.41) is 5.21. The Morgan fingerprint density at radius 1 is 1.18 bits per heavy atom. The molecule has 0 radical (unpaired) electrons. The summed E-state index contributed by atoms with van der Waals surface area (Å²) < 4.78 is 3.74. The van der Waals surface area contributed by atoms with Gasteiger partial charge in [-0.2, -0.15) is 5.10 Å². The highest BCUT2D eigenvalue weighted by molar-refractivity contribution is 5.97. The van der Waals surface area contributed by atoms with Crippen molar-refractivity contribution in [1.29, 1.82) is 0 Å². The van der Waals surface area contributed by atoms with E-state index in [0.29, 0.717) is 17.2 Å². The molecule has 0 amide bonds. The molecule has 4 aromatic heterocycles. The molecule has 0 saturated carbocycles. The molecule has 0 spiro atoms. The lowest BCUT2D eigenvalue weighted by Gasteiger charge is -2.05. The molecular formula is C21H22N6O. The lowest BCUT2D eigenvalue weighted by molar-refractivity contribution is 0.0992. The molecule has 0 bridgehead atoms. The molecule has 0 N–H and O–H groups in total. The fourth-order valence-electron chi connectivity index (χ4n) is 3.15. The zero-order valence-electron chi connectivity index (χ0n) is 16.2. The van der Waals surface area contributed by atoms with Crippen molar-refractivity contribution in [3.63, 3.8) is 0 Å². The van der Waals surface area contributed by atoms with E-state index < -0.39 is 0 Å². The normalized spacial score (nSPS) is 11.4. The van der Waals surface area contributed by atoms with Crippen LogP contribution in [0, 0.1) is 5.92 Å². The van der Waals surface area contributed by atoms with E-state index in [4.69, 9.17) is 4.98 Å². The number of aromatic nitrogens is 6. The van der Waals surface area contributed by atoms with Crippen LogP contribution in [-0.4, -0.2) is 35.1 Å². The average molecular weight is 374 g/mol. The molecule has 0 saturated heterocycles. The smallest absolute Gasteiger partial charge is 0.171 e. The fourth-order valence-corrected chi connectivity index (χ4v) is 3.15. The van der Waals surface area contributed by atoms with Gasteiger partial charge in [-0.05, 0) is 24.1 Å². The Labute approximate surface area is 163 Å². The first-order valence-corrected chi connectivity index (χ1v) is 9.27. The second-order valence-corrected chi connectivity index (χ2v) is 7.40. The van der Waals surface area contributed by atoms with Crippen LogP contribution in [-0.2, 0) is 20.0 Å². The molecule has 0 aliphatic rings. The molecule has 0 atom stereocenters. The van der Waals surface area contributed by atoms with E-state index in [1.54, 1.807) is 24.9 Å². The SMILES string of the molecule is CC(C)Cn1cc(C(=O)Cc2cc3nc(-c4cncn4C)ccc3cn2)cn1. The van der Waals surface area contributed by atoms with Crippen LogP contribution in [0.4, 0.5) is 0 Å². The molecule has 4 aromatic rings. The molecule has 0 aromatic carbocycles. The van der Waals surface area contributed by atoms with Gasteiger partial charge < -0.3 is 4.57 Å². The van der Waals surface area contributed by atoms with E-state index in [0.717, 1.165) is 28.8 Å². The van der Waals surface area contributed by atoms with Crippen LogP contribution in [0.15, 0.2) is 49.3 Å². The van der Waals surface area contributed by atoms with Crippen LogP contribution >= 0.6 is 0 Å². The first-order valence-electron chi connectivity index (χ1n) is 9.27. The van der Waals surface area contributed by atoms with Crippen molar-refractivity contribution in [2.45, 2.75) is 26.8 Å². The quantitative estimate of drug-likeness (QED) is 0.484. The second-order valence-electron chi connectivity index (χ2n) is 7.40. The van der Waals surface area contributed by atoms with Crippen LogP contribution in [0.2, 0.25) is 0 Å². The molecule has 142 valence electrons. The number of Topliss-reactive ketones (excluding diaryl/α,β-unsaturated/α-hetero) is 1. The molecule has 0 unspecified atom stereocenters. The zero-order valence-corrected chi connectivity index (χ0v) is 16.2. The lowest BCUT2D eigenvalue weighted by atomic mass is 10.1. The van der Waals surface area contributed by atoms with Gasteiger partial charge in [-0.1, -0.05) is 13.8 Å². The summed E-state index contributed by atoms with van der Waals surface area (Å²) in [5.41, 5.74) is 3.90. The number of carbonyl (C=O) groups excluding carboxylic acids is 1. The molecule has 7 nitrogen and oxygen atoms in total. The summed E-state index contributed by atoms with van der Waals surface area (Å²) in [7, 11) is 1.93. The number of pyridine rings is 2. The molecule has 7 heteroatoms. The molecule has 0 aliphatic heterocycles. The average Bonchev–Trinajstić information content (AvgIpc) is 3.29. The third kappa shape index (κ3) is 3.69. The highest BCUT2D eigenvalue weighted by Crippen LogP contribution is 2.20. The first-order chi connectivity index (χ1) is 13.5. The summed E-state index contributed by atoms with van der Waals surface area (Å²) >= 11 is 0. The second kappa shape index (κ2) is 7.34. The van der Waals surface area contributed by atoms with Crippen LogP contribution < -0.4 is 0 Å². The van der Waals surface area contributed by atoms with Crippen molar-refractivity contribution >= 4 is 16.7 Å². The van der Waals surface area contributed by atoms with Crippen molar-refractivity contribution in [1.82, 2.24) is 29.3 Å². The Balaban J connectivity index is 1.57. The third-order valence-corrected chi connectivity index (χ3v) is 4.56. The number of aryl methyl sites for hydroxylation is 1. The first kappa shape index (κ1) is 18.0. The Morgan fingerprint density at radius 3 is 2.79 bits per heavy atom. The number of carbonyl (C=O) groups is 1. The number of hydrogen-bond acceptors (Lipinski definition) is 5. The molecule has 0 aliphatic carbocycles. The Morgan fingerprint density at radius 2 is 2.04 bits per heavy atom. The lowest BCUT2D eigenvalue weighted by Crippen LogP contribution is -2.06. The van der Waals surface area contributed by atoms with E-state index in [1.807, 2.05) is 40.7 Å². The topological polar surface area (TPSA) is 78.5 Å². The fraction of sp³-hybridized carbons (Fsp3) is 0.286. The van der Waals surface area contributed by atoms with E-state index >= 15 is 0 Å². The molecule has 4 heterocycles. The number of fused-ring (bicyclic) bond motifs is 1. The van der Waals surface area contributed by atoms with Gasteiger partial charge in [-0.3, -0.25) is 14.5 Å². The predicted octanol–water partition coefficient (Wildman–Crippen LogP) is 3.31. The van der Waals surface area contributed by atoms with E-state index in [1.165, 1.54) is 0 Å². The van der Waals surface area contributed by atoms with E-state index in [9.17, 15) is 4.79 Å². The van der Waals surface area contributed by atoms with Gasteiger partial charge in [0.25, 0.3) is 0 Å². The Bertz CT molecular complexity index is 1140. The van der Waals surface area contributed by atoms with Gasteiger partial charge in [0.05, 0.1) is 53.3 Å². The van der Waals surface area contributed by atoms with E-state index in [-0.39, 0.29) is 12.2 Å². The van der Waals surface area contributed by atoms with Crippen LogP contribution in [0.25, 0.3) is 22.3 Å². The highest BCUT2D eigenvalue weighted by atomic mass is 16.1. The van der Waals surface area contributed by atoms with Crippen LogP contribution in [0.3, 0.4) is 0 Å². The maximum Gasteiger partial charge on any atom is 0.171 e. The molecule has 28 heavy (non-hydrogen) atoms. The zero-order chi connectivity index (χ0) is 19.7. The van der Waals surface area contributed by atoms with Gasteiger partial charge >= 0.3 is 0 Å². The van der Waals surface area contributed by atoms with Gasteiger partial charge in [0.1, 0.15) is 0 Å². The minimum absolute atomic E-state index is 0.00430. The standard InChI is InChI=1S/C21H22N6O/c1-14(2)11-27-12-16(9-24-27)21(28)7-17-6-19-15(8-23-17)4-5-18(25-19)20-10-22-13-26(20)3/h4-6,8-10,12-14H,7,11H2,1-3H3. The van der Waals surface area contributed by atoms with Crippen molar-refractivity contribution in [2.75, 3.05) is 0 Å². The highest BCUT2D eigenvalue weighted by Gasteiger charge is 2.13. The van der Waals surface area contributed by atoms with Crippen LogP contribution in [0.5, 0.6) is 0 Å². The number of imidazole rings is 1. The summed E-state index contributed by atoms with van der Waals surface area (Å²) in [6.07, 6.45) is 8.96. The number of ketones is 1. The number of nitrogens with zero attached hydrogens (tertiary/aromatic N) is 6. The van der Waals surface area contributed by atoms with Gasteiger partial charge in [0.15, 0.2) is 5.78 Å². The minimum Gasteiger partial charge on any atom is -0.332 e. The summed E-state index contributed by atoms with van der Waals surface area (Å²) in [6.45, 7) is 5.03. The maximum atomic E-state index is 12.6. The molecular weight excluding hydrogens is 352 g/mol. The number of hydrogen-bond donors (Lipinski definition) is 0. The van der Waals surface area contributed by atoms with Crippen molar-refractivity contribution < 1.29 is 4.79 Å². The van der Waals surface area contributed by atoms with Gasteiger partial charge in [-0.15, -0.1) is 0 Å².